The van der Waals surface area contributed by atoms with Crippen molar-refractivity contribution < 1.29 is 9.84 Å². The summed E-state index contributed by atoms with van der Waals surface area (Å²) < 4.78 is 5.74. The molecule has 0 heterocycles. The van der Waals surface area contributed by atoms with Crippen LogP contribution in [0.5, 0.6) is 11.5 Å². The maximum Gasteiger partial charge on any atom is 0.146 e. The molecule has 0 aliphatic rings. The predicted octanol–water partition coefficient (Wildman–Crippen LogP) is 3.56. The van der Waals surface area contributed by atoms with Gasteiger partial charge < -0.3 is 9.84 Å². The molecule has 0 radical (unpaired) electrons. The molecule has 0 fully saturated rings. The third-order valence-electron chi connectivity index (χ3n) is 2.63. The fraction of sp³-hybridized carbons (Fsp3) is 0.133. The van der Waals surface area contributed by atoms with Crippen molar-refractivity contribution in [1.82, 2.24) is 0 Å². The Balaban J connectivity index is 2.35. The molecular weight excluding hydrogens is 258 g/mol. The lowest BCUT2D eigenvalue weighted by Gasteiger charge is -2.10. The Morgan fingerprint density at radius 2 is 2.05 bits per heavy atom. The van der Waals surface area contributed by atoms with E-state index in [0.717, 1.165) is 10.5 Å². The Kier molecular flexibility index (Phi) is 4.45. The lowest BCUT2D eigenvalue weighted by Crippen LogP contribution is -1.91. The predicted molar refractivity (Wildman–Crippen MR) is 75.4 cm³/mol. The molecule has 4 heteroatoms. The Morgan fingerprint density at radius 3 is 2.74 bits per heavy atom. The first-order valence-corrected chi connectivity index (χ1v) is 6.95. The summed E-state index contributed by atoms with van der Waals surface area (Å²) in [6.45, 7) is -0.0346. The van der Waals surface area contributed by atoms with Gasteiger partial charge in [-0.2, -0.15) is 5.26 Å². The van der Waals surface area contributed by atoms with Gasteiger partial charge >= 0.3 is 0 Å². The number of hydrogen-bond acceptors (Lipinski definition) is 4. The van der Waals surface area contributed by atoms with Gasteiger partial charge in [-0.25, -0.2) is 0 Å². The summed E-state index contributed by atoms with van der Waals surface area (Å²) in [6, 6.07) is 14.9. The number of thioether (sulfide) groups is 1. The SMILES string of the molecule is CSc1cccc(Oc2cccc(CO)c2)c1C#N. The monoisotopic (exact) mass is 271 g/mol. The molecule has 0 saturated carbocycles. The van der Waals surface area contributed by atoms with Crippen molar-refractivity contribution in [2.75, 3.05) is 6.26 Å². The van der Waals surface area contributed by atoms with E-state index in [-0.39, 0.29) is 6.61 Å². The number of benzene rings is 2. The van der Waals surface area contributed by atoms with E-state index in [0.29, 0.717) is 17.1 Å². The number of aliphatic hydroxyl groups is 1. The van der Waals surface area contributed by atoms with Crippen LogP contribution in [-0.2, 0) is 6.61 Å². The minimum Gasteiger partial charge on any atom is -0.456 e. The van der Waals surface area contributed by atoms with E-state index in [1.807, 2.05) is 30.5 Å². The summed E-state index contributed by atoms with van der Waals surface area (Å²) in [5, 5.41) is 18.3. The van der Waals surface area contributed by atoms with Gasteiger partial charge in [0.2, 0.25) is 0 Å². The molecular formula is C15H13NO2S. The van der Waals surface area contributed by atoms with E-state index >= 15 is 0 Å². The number of hydrogen-bond donors (Lipinski definition) is 1. The van der Waals surface area contributed by atoms with Crippen LogP contribution in [0.25, 0.3) is 0 Å². The van der Waals surface area contributed by atoms with Crippen LogP contribution in [0.4, 0.5) is 0 Å². The van der Waals surface area contributed by atoms with Crippen molar-refractivity contribution >= 4 is 11.8 Å². The van der Waals surface area contributed by atoms with E-state index in [9.17, 15) is 5.26 Å². The summed E-state index contributed by atoms with van der Waals surface area (Å²) >= 11 is 1.51. The summed E-state index contributed by atoms with van der Waals surface area (Å²) in [5.74, 6) is 1.14. The van der Waals surface area contributed by atoms with Crippen LogP contribution in [0.2, 0.25) is 0 Å². The molecule has 2 aromatic rings. The zero-order valence-corrected chi connectivity index (χ0v) is 11.3. The van der Waals surface area contributed by atoms with Crippen molar-refractivity contribution in [3.8, 4) is 17.6 Å². The third-order valence-corrected chi connectivity index (χ3v) is 3.41. The van der Waals surface area contributed by atoms with Gasteiger partial charge in [0.05, 0.1) is 6.61 Å². The highest BCUT2D eigenvalue weighted by molar-refractivity contribution is 7.98. The van der Waals surface area contributed by atoms with E-state index in [1.54, 1.807) is 18.2 Å². The number of nitriles is 1. The second-order valence-corrected chi connectivity index (χ2v) is 4.70. The Hall–Kier alpha value is -1.96. The van der Waals surface area contributed by atoms with Crippen LogP contribution >= 0.6 is 11.8 Å². The van der Waals surface area contributed by atoms with E-state index in [4.69, 9.17) is 9.84 Å². The molecule has 0 unspecified atom stereocenters. The van der Waals surface area contributed by atoms with Crippen molar-refractivity contribution in [3.05, 3.63) is 53.6 Å². The van der Waals surface area contributed by atoms with Crippen LogP contribution < -0.4 is 4.74 Å². The average molecular weight is 271 g/mol. The molecule has 0 amide bonds. The normalized spacial score (nSPS) is 9.95. The number of nitrogens with zero attached hydrogens (tertiary/aromatic N) is 1. The van der Waals surface area contributed by atoms with Crippen LogP contribution in [0, 0.1) is 11.3 Å². The topological polar surface area (TPSA) is 53.2 Å². The van der Waals surface area contributed by atoms with E-state index in [2.05, 4.69) is 6.07 Å². The van der Waals surface area contributed by atoms with Crippen LogP contribution in [0.3, 0.4) is 0 Å². The number of ether oxygens (including phenoxy) is 1. The maximum atomic E-state index is 9.23. The second-order valence-electron chi connectivity index (χ2n) is 3.85. The molecule has 0 aromatic heterocycles. The molecule has 0 atom stereocenters. The number of aliphatic hydroxyl groups excluding tert-OH is 1. The molecule has 0 spiro atoms. The van der Waals surface area contributed by atoms with Gasteiger partial charge in [-0.15, -0.1) is 11.8 Å². The summed E-state index contributed by atoms with van der Waals surface area (Å²) in [7, 11) is 0. The number of rotatable bonds is 4. The van der Waals surface area contributed by atoms with Gasteiger partial charge in [0, 0.05) is 4.90 Å². The molecule has 0 bridgehead atoms. The molecule has 0 saturated heterocycles. The van der Waals surface area contributed by atoms with Crippen molar-refractivity contribution in [1.29, 1.82) is 5.26 Å². The fourth-order valence-corrected chi connectivity index (χ4v) is 2.28. The Morgan fingerprint density at radius 1 is 1.26 bits per heavy atom. The van der Waals surface area contributed by atoms with Crippen molar-refractivity contribution in [2.45, 2.75) is 11.5 Å². The first-order valence-electron chi connectivity index (χ1n) is 5.73. The third kappa shape index (κ3) is 3.08. The average Bonchev–Trinajstić information content (AvgIpc) is 2.47. The fourth-order valence-electron chi connectivity index (χ4n) is 1.71. The van der Waals surface area contributed by atoms with E-state index in [1.165, 1.54) is 11.8 Å². The molecule has 3 nitrogen and oxygen atoms in total. The highest BCUT2D eigenvalue weighted by atomic mass is 32.2. The van der Waals surface area contributed by atoms with Gasteiger partial charge in [-0.05, 0) is 36.1 Å². The zero-order valence-electron chi connectivity index (χ0n) is 10.5. The standard InChI is InChI=1S/C15H13NO2S/c1-19-15-7-3-6-14(13(15)9-16)18-12-5-2-4-11(8-12)10-17/h2-8,17H,10H2,1H3. The molecule has 0 aliphatic carbocycles. The highest BCUT2D eigenvalue weighted by Gasteiger charge is 2.09. The van der Waals surface area contributed by atoms with Gasteiger partial charge in [-0.3, -0.25) is 0 Å². The largest absolute Gasteiger partial charge is 0.456 e. The smallest absolute Gasteiger partial charge is 0.146 e. The van der Waals surface area contributed by atoms with Crippen molar-refractivity contribution in [3.63, 3.8) is 0 Å². The quantitative estimate of drug-likeness (QED) is 0.864. The van der Waals surface area contributed by atoms with Gasteiger partial charge in [-0.1, -0.05) is 18.2 Å². The van der Waals surface area contributed by atoms with Crippen molar-refractivity contribution in [2.24, 2.45) is 0 Å². The second kappa shape index (κ2) is 6.28. The van der Waals surface area contributed by atoms with Gasteiger partial charge in [0.25, 0.3) is 0 Å². The van der Waals surface area contributed by atoms with Gasteiger partial charge in [0.15, 0.2) is 0 Å². The first kappa shape index (κ1) is 13.5. The lowest BCUT2D eigenvalue weighted by atomic mass is 10.2. The van der Waals surface area contributed by atoms with Crippen LogP contribution in [0.15, 0.2) is 47.4 Å². The zero-order chi connectivity index (χ0) is 13.7. The Labute approximate surface area is 116 Å². The molecule has 1 N–H and O–H groups in total. The van der Waals surface area contributed by atoms with Crippen LogP contribution in [-0.4, -0.2) is 11.4 Å². The van der Waals surface area contributed by atoms with Crippen LogP contribution in [0.1, 0.15) is 11.1 Å². The molecule has 96 valence electrons. The van der Waals surface area contributed by atoms with Gasteiger partial charge in [0.1, 0.15) is 23.1 Å². The lowest BCUT2D eigenvalue weighted by molar-refractivity contribution is 0.281. The molecule has 2 rings (SSSR count). The summed E-state index contributed by atoms with van der Waals surface area (Å²) in [4.78, 5) is 0.887. The summed E-state index contributed by atoms with van der Waals surface area (Å²) in [5.41, 5.74) is 1.31. The summed E-state index contributed by atoms with van der Waals surface area (Å²) in [6.07, 6.45) is 1.92. The minimum atomic E-state index is -0.0346. The Bertz CT molecular complexity index is 620. The molecule has 2 aromatic carbocycles. The van der Waals surface area contributed by atoms with E-state index < -0.39 is 0 Å². The highest BCUT2D eigenvalue weighted by Crippen LogP contribution is 2.31. The molecule has 0 aliphatic heterocycles. The maximum absolute atomic E-state index is 9.23. The first-order chi connectivity index (χ1) is 9.28. The minimum absolute atomic E-state index is 0.0346. The molecule has 19 heavy (non-hydrogen) atoms.